The van der Waals surface area contributed by atoms with Crippen LogP contribution >= 0.6 is 0 Å². The van der Waals surface area contributed by atoms with Crippen molar-refractivity contribution in [1.29, 1.82) is 0 Å². The molecule has 5 heteroatoms. The van der Waals surface area contributed by atoms with Gasteiger partial charge in [0.15, 0.2) is 0 Å². The molecular weight excluding hydrogens is 261 g/mol. The minimum absolute atomic E-state index is 0.118. The second-order valence-corrected chi connectivity index (χ2v) is 4.43. The van der Waals surface area contributed by atoms with Crippen LogP contribution in [0.15, 0.2) is 41.3 Å². The van der Waals surface area contributed by atoms with Crippen LogP contribution in [0.1, 0.15) is 21.5 Å². The molecule has 104 valence electrons. The number of aryl methyl sites for hydroxylation is 1. The lowest BCUT2D eigenvalue weighted by Crippen LogP contribution is -2.21. The van der Waals surface area contributed by atoms with Crippen molar-refractivity contribution in [2.24, 2.45) is 0 Å². The van der Waals surface area contributed by atoms with Crippen LogP contribution in [0.2, 0.25) is 0 Å². The molecular formula is C15H14FNO3. The number of esters is 1. The van der Waals surface area contributed by atoms with Crippen LogP contribution < -0.4 is 5.56 Å². The number of hydrogen-bond acceptors (Lipinski definition) is 3. The minimum Gasteiger partial charge on any atom is -0.465 e. The Morgan fingerprint density at radius 1 is 1.35 bits per heavy atom. The van der Waals surface area contributed by atoms with Crippen LogP contribution in [0.5, 0.6) is 0 Å². The zero-order chi connectivity index (χ0) is 14.7. The summed E-state index contributed by atoms with van der Waals surface area (Å²) in [4.78, 5) is 23.2. The van der Waals surface area contributed by atoms with Gasteiger partial charge in [-0.1, -0.05) is 12.1 Å². The maximum atomic E-state index is 13.8. The molecule has 0 aliphatic heterocycles. The fraction of sp³-hybridized carbons (Fsp3) is 0.200. The molecule has 0 saturated carbocycles. The predicted molar refractivity (Wildman–Crippen MR) is 72.3 cm³/mol. The molecule has 2 aromatic rings. The lowest BCUT2D eigenvalue weighted by molar-refractivity contribution is 0.0595. The van der Waals surface area contributed by atoms with Crippen molar-refractivity contribution in [2.75, 3.05) is 7.11 Å². The van der Waals surface area contributed by atoms with Gasteiger partial charge in [-0.05, 0) is 30.7 Å². The van der Waals surface area contributed by atoms with E-state index in [1.165, 1.54) is 23.8 Å². The highest BCUT2D eigenvalue weighted by molar-refractivity contribution is 5.89. The molecule has 0 N–H and O–H groups in total. The largest absolute Gasteiger partial charge is 0.465 e. The first-order valence-corrected chi connectivity index (χ1v) is 6.05. The van der Waals surface area contributed by atoms with E-state index in [0.29, 0.717) is 11.1 Å². The Morgan fingerprint density at radius 3 is 2.75 bits per heavy atom. The molecule has 0 bridgehead atoms. The fourth-order valence-corrected chi connectivity index (χ4v) is 1.91. The number of carbonyl (C=O) groups is 1. The lowest BCUT2D eigenvalue weighted by atomic mass is 10.1. The summed E-state index contributed by atoms with van der Waals surface area (Å²) >= 11 is 0. The first-order valence-electron chi connectivity index (χ1n) is 6.05. The number of pyridine rings is 1. The zero-order valence-electron chi connectivity index (χ0n) is 11.2. The third-order valence-corrected chi connectivity index (χ3v) is 3.00. The Labute approximate surface area is 115 Å². The summed E-state index contributed by atoms with van der Waals surface area (Å²) in [6, 6.07) is 7.68. The molecule has 1 aromatic carbocycles. The van der Waals surface area contributed by atoms with Crippen molar-refractivity contribution in [3.8, 4) is 0 Å². The van der Waals surface area contributed by atoms with E-state index in [9.17, 15) is 14.0 Å². The van der Waals surface area contributed by atoms with Crippen LogP contribution in [0.25, 0.3) is 0 Å². The summed E-state index contributed by atoms with van der Waals surface area (Å²) in [6.45, 7) is 1.97. The fourth-order valence-electron chi connectivity index (χ4n) is 1.91. The molecule has 1 aromatic heterocycles. The number of benzene rings is 1. The highest BCUT2D eigenvalue weighted by Gasteiger charge is 2.12. The second kappa shape index (κ2) is 5.69. The third-order valence-electron chi connectivity index (χ3n) is 3.00. The van der Waals surface area contributed by atoms with Crippen molar-refractivity contribution in [1.82, 2.24) is 4.57 Å². The van der Waals surface area contributed by atoms with Gasteiger partial charge in [0, 0.05) is 11.8 Å². The van der Waals surface area contributed by atoms with Crippen molar-refractivity contribution < 1.29 is 13.9 Å². The smallest absolute Gasteiger partial charge is 0.340 e. The van der Waals surface area contributed by atoms with E-state index in [2.05, 4.69) is 4.74 Å². The van der Waals surface area contributed by atoms with Crippen LogP contribution in [-0.2, 0) is 11.3 Å². The maximum absolute atomic E-state index is 13.8. The van der Waals surface area contributed by atoms with E-state index >= 15 is 0 Å². The highest BCUT2D eigenvalue weighted by Crippen LogP contribution is 2.12. The van der Waals surface area contributed by atoms with Crippen molar-refractivity contribution in [3.05, 3.63) is 69.4 Å². The van der Waals surface area contributed by atoms with Gasteiger partial charge >= 0.3 is 5.97 Å². The van der Waals surface area contributed by atoms with Gasteiger partial charge in [-0.25, -0.2) is 9.18 Å². The topological polar surface area (TPSA) is 48.3 Å². The van der Waals surface area contributed by atoms with Gasteiger partial charge in [0.1, 0.15) is 5.82 Å². The van der Waals surface area contributed by atoms with Gasteiger partial charge < -0.3 is 9.30 Å². The second-order valence-electron chi connectivity index (χ2n) is 4.43. The summed E-state index contributed by atoms with van der Waals surface area (Å²) in [5.41, 5.74) is 0.986. The molecule has 1 heterocycles. The van der Waals surface area contributed by atoms with Gasteiger partial charge in [-0.3, -0.25) is 4.79 Å². The quantitative estimate of drug-likeness (QED) is 0.806. The summed E-state index contributed by atoms with van der Waals surface area (Å²) in [5, 5.41) is 0. The first-order chi connectivity index (χ1) is 9.52. The van der Waals surface area contributed by atoms with E-state index in [4.69, 9.17) is 0 Å². The molecule has 0 atom stereocenters. The number of halogens is 1. The SMILES string of the molecule is COC(=O)c1ccc(Cn2cccc(C)c2=O)cc1F. The first kappa shape index (κ1) is 14.0. The minimum atomic E-state index is -0.721. The Morgan fingerprint density at radius 2 is 2.10 bits per heavy atom. The summed E-state index contributed by atoms with van der Waals surface area (Å²) in [5.74, 6) is -1.38. The van der Waals surface area contributed by atoms with Gasteiger partial charge in [-0.2, -0.15) is 0 Å². The number of aromatic nitrogens is 1. The molecule has 2 rings (SSSR count). The molecule has 0 aliphatic carbocycles. The van der Waals surface area contributed by atoms with Crippen LogP contribution in [0.3, 0.4) is 0 Å². The number of carbonyl (C=O) groups excluding carboxylic acids is 1. The molecule has 4 nitrogen and oxygen atoms in total. The van der Waals surface area contributed by atoms with E-state index in [0.717, 1.165) is 0 Å². The van der Waals surface area contributed by atoms with E-state index in [1.807, 2.05) is 0 Å². The Balaban J connectivity index is 2.31. The molecule has 0 amide bonds. The van der Waals surface area contributed by atoms with Crippen molar-refractivity contribution in [3.63, 3.8) is 0 Å². The van der Waals surface area contributed by atoms with Gasteiger partial charge in [0.25, 0.3) is 5.56 Å². The molecule has 0 saturated heterocycles. The summed E-state index contributed by atoms with van der Waals surface area (Å²) in [7, 11) is 1.20. The predicted octanol–water partition coefficient (Wildman–Crippen LogP) is 2.13. The maximum Gasteiger partial charge on any atom is 0.340 e. The zero-order valence-corrected chi connectivity index (χ0v) is 11.2. The lowest BCUT2D eigenvalue weighted by Gasteiger charge is -2.08. The van der Waals surface area contributed by atoms with Gasteiger partial charge in [0.05, 0.1) is 19.2 Å². The molecule has 20 heavy (non-hydrogen) atoms. The molecule has 0 radical (unpaired) electrons. The van der Waals surface area contributed by atoms with Gasteiger partial charge in [-0.15, -0.1) is 0 Å². The van der Waals surface area contributed by atoms with Gasteiger partial charge in [0.2, 0.25) is 0 Å². The van der Waals surface area contributed by atoms with E-state index < -0.39 is 11.8 Å². The normalized spacial score (nSPS) is 10.3. The monoisotopic (exact) mass is 275 g/mol. The van der Waals surface area contributed by atoms with E-state index in [-0.39, 0.29) is 17.7 Å². The Hall–Kier alpha value is -2.43. The highest BCUT2D eigenvalue weighted by atomic mass is 19.1. The van der Waals surface area contributed by atoms with Crippen molar-refractivity contribution in [2.45, 2.75) is 13.5 Å². The van der Waals surface area contributed by atoms with Crippen molar-refractivity contribution >= 4 is 5.97 Å². The average Bonchev–Trinajstić information content (AvgIpc) is 2.43. The summed E-state index contributed by atoms with van der Waals surface area (Å²) < 4.78 is 19.7. The third kappa shape index (κ3) is 2.77. The Kier molecular flexibility index (Phi) is 3.98. The standard InChI is InChI=1S/C15H14FNO3/c1-10-4-3-7-17(14(10)18)9-11-5-6-12(13(16)8-11)15(19)20-2/h3-8H,9H2,1-2H3. The molecule has 0 aliphatic rings. The van der Waals surface area contributed by atoms with E-state index in [1.54, 1.807) is 31.3 Å². The average molecular weight is 275 g/mol. The summed E-state index contributed by atoms with van der Waals surface area (Å²) in [6.07, 6.45) is 1.64. The molecule has 0 spiro atoms. The number of methoxy groups -OCH3 is 1. The van der Waals surface area contributed by atoms with Crippen LogP contribution in [0, 0.1) is 12.7 Å². The van der Waals surface area contributed by atoms with Crippen LogP contribution in [0.4, 0.5) is 4.39 Å². The Bertz CT molecular complexity index is 707. The number of nitrogens with zero attached hydrogens (tertiary/aromatic N) is 1. The molecule has 0 unspecified atom stereocenters. The molecule has 0 fully saturated rings. The number of rotatable bonds is 3. The van der Waals surface area contributed by atoms with Crippen LogP contribution in [-0.4, -0.2) is 17.6 Å². The number of ether oxygens (including phenoxy) is 1. The number of hydrogen-bond donors (Lipinski definition) is 0.